The normalized spacial score (nSPS) is 14.1. The number of hydrogen-bond donors (Lipinski definition) is 1. The number of rotatable bonds is 6. The molecule has 0 saturated heterocycles. The molecule has 0 spiro atoms. The fraction of sp³-hybridized carbons (Fsp3) is 0.0833. The summed E-state index contributed by atoms with van der Waals surface area (Å²) in [5, 5.41) is 14.6. The Labute approximate surface area is 225 Å². The predicted molar refractivity (Wildman–Crippen MR) is 141 cm³/mol. The molecule has 3 aromatic rings. The van der Waals surface area contributed by atoms with Crippen LogP contribution >= 0.6 is 35.0 Å². The van der Waals surface area contributed by atoms with Gasteiger partial charge in [-0.25, -0.2) is 13.2 Å². The van der Waals surface area contributed by atoms with E-state index < -0.39 is 32.4 Å². The van der Waals surface area contributed by atoms with Crippen LogP contribution in [0.25, 0.3) is 6.08 Å². The van der Waals surface area contributed by atoms with Gasteiger partial charge in [0.05, 0.1) is 44.4 Å². The van der Waals surface area contributed by atoms with Crippen molar-refractivity contribution in [1.29, 1.82) is 0 Å². The lowest BCUT2D eigenvalue weighted by atomic mass is 10.1. The van der Waals surface area contributed by atoms with E-state index >= 15 is 0 Å². The number of carbonyl (C=O) groups is 2. The molecule has 1 amide bonds. The van der Waals surface area contributed by atoms with E-state index in [9.17, 15) is 28.1 Å². The lowest BCUT2D eigenvalue weighted by molar-refractivity contribution is -0.385. The number of nitrogens with zero attached hydrogens (tertiary/aromatic N) is 1. The molecular weight excluding hydrogens is 563 g/mol. The molecule has 37 heavy (non-hydrogen) atoms. The highest BCUT2D eigenvalue weighted by atomic mass is 35.5. The number of methoxy groups -OCH3 is 1. The average molecular weight is 579 g/mol. The van der Waals surface area contributed by atoms with E-state index in [0.29, 0.717) is 4.90 Å². The Morgan fingerprint density at radius 3 is 2.49 bits per heavy atom. The van der Waals surface area contributed by atoms with Gasteiger partial charge in [0.15, 0.2) is 9.84 Å². The number of sulfone groups is 1. The highest BCUT2D eigenvalue weighted by molar-refractivity contribution is 8.04. The lowest BCUT2D eigenvalue weighted by Gasteiger charge is -2.19. The molecule has 0 fully saturated rings. The Morgan fingerprint density at radius 2 is 1.84 bits per heavy atom. The van der Waals surface area contributed by atoms with Crippen LogP contribution in [0.1, 0.15) is 21.5 Å². The first-order valence-corrected chi connectivity index (χ1v) is 13.6. The third-order valence-electron chi connectivity index (χ3n) is 5.33. The van der Waals surface area contributed by atoms with E-state index in [-0.39, 0.29) is 47.9 Å². The van der Waals surface area contributed by atoms with Crippen molar-refractivity contribution in [3.63, 3.8) is 0 Å². The number of ether oxygens (including phenoxy) is 1. The van der Waals surface area contributed by atoms with Crippen LogP contribution in [-0.4, -0.2) is 32.3 Å². The molecule has 4 rings (SSSR count). The van der Waals surface area contributed by atoms with Gasteiger partial charge in [-0.15, -0.1) is 0 Å². The number of carbonyl (C=O) groups excluding carboxylic acids is 2. The number of hydrogen-bond acceptors (Lipinski definition) is 8. The number of esters is 1. The number of nitro groups is 1. The van der Waals surface area contributed by atoms with Gasteiger partial charge in [-0.05, 0) is 48.5 Å². The lowest BCUT2D eigenvalue weighted by Crippen LogP contribution is -2.18. The number of halogens is 2. The first-order valence-electron chi connectivity index (χ1n) is 10.4. The first kappa shape index (κ1) is 26.7. The minimum atomic E-state index is -3.86. The molecule has 1 heterocycles. The summed E-state index contributed by atoms with van der Waals surface area (Å²) in [5.41, 5.74) is 0.263. The number of nitrogens with one attached hydrogen (secondary N) is 1. The maximum absolute atomic E-state index is 13.0. The molecule has 0 bridgehead atoms. The minimum absolute atomic E-state index is 0.00531. The average Bonchev–Trinajstić information content (AvgIpc) is 2.86. The second-order valence-corrected chi connectivity index (χ2v) is 11.6. The topological polar surface area (TPSA) is 133 Å². The number of nitro benzene ring substituents is 1. The van der Waals surface area contributed by atoms with Crippen LogP contribution in [0.4, 0.5) is 11.4 Å². The maximum Gasteiger partial charge on any atom is 0.338 e. The van der Waals surface area contributed by atoms with Crippen LogP contribution in [0.3, 0.4) is 0 Å². The summed E-state index contributed by atoms with van der Waals surface area (Å²) in [7, 11) is -2.70. The summed E-state index contributed by atoms with van der Waals surface area (Å²) in [6, 6.07) is 12.7. The molecule has 13 heteroatoms. The van der Waals surface area contributed by atoms with Crippen molar-refractivity contribution >= 4 is 74.1 Å². The standard InChI is InChI=1S/C24H16Cl2N2O7S2/c1-35-24(30)14-6-5-13(20(9-14)28(31)32)10-22-23(29)27-19-11-15(7-8-21(19)36-22)37(33,34)12-16-17(25)3-2-4-18(16)26/h2-11H,12H2,1H3,(H,27,29)/b22-10+. The Morgan fingerprint density at radius 1 is 1.14 bits per heavy atom. The Balaban J connectivity index is 1.64. The van der Waals surface area contributed by atoms with Crippen LogP contribution in [-0.2, 0) is 25.1 Å². The third-order valence-corrected chi connectivity index (χ3v) is 8.78. The minimum Gasteiger partial charge on any atom is -0.465 e. The number of anilines is 1. The van der Waals surface area contributed by atoms with Crippen LogP contribution < -0.4 is 5.32 Å². The van der Waals surface area contributed by atoms with Gasteiger partial charge in [0.2, 0.25) is 0 Å². The molecule has 3 aromatic carbocycles. The Hall–Kier alpha value is -3.38. The molecule has 1 aliphatic rings. The number of thioether (sulfide) groups is 1. The van der Waals surface area contributed by atoms with E-state index in [1.54, 1.807) is 18.2 Å². The van der Waals surface area contributed by atoms with E-state index in [0.717, 1.165) is 24.9 Å². The molecule has 1 aliphatic heterocycles. The zero-order valence-electron chi connectivity index (χ0n) is 18.9. The summed E-state index contributed by atoms with van der Waals surface area (Å²) < 4.78 is 30.7. The predicted octanol–water partition coefficient (Wildman–Crippen LogP) is 5.75. The van der Waals surface area contributed by atoms with Gasteiger partial charge >= 0.3 is 5.97 Å². The van der Waals surface area contributed by atoms with Crippen molar-refractivity contribution < 1.29 is 27.7 Å². The molecule has 0 atom stereocenters. The van der Waals surface area contributed by atoms with Crippen molar-refractivity contribution in [2.75, 3.05) is 12.4 Å². The van der Waals surface area contributed by atoms with E-state index in [1.165, 1.54) is 36.4 Å². The molecule has 0 radical (unpaired) electrons. The van der Waals surface area contributed by atoms with Gasteiger partial charge in [0.1, 0.15) is 0 Å². The fourth-order valence-corrected chi connectivity index (χ4v) is 6.53. The molecule has 0 unspecified atom stereocenters. The smallest absolute Gasteiger partial charge is 0.338 e. The second kappa shape index (κ2) is 10.5. The fourth-order valence-electron chi connectivity index (χ4n) is 3.49. The number of benzene rings is 3. The largest absolute Gasteiger partial charge is 0.465 e. The summed E-state index contributed by atoms with van der Waals surface area (Å²) in [4.78, 5) is 36.0. The quantitative estimate of drug-likeness (QED) is 0.169. The van der Waals surface area contributed by atoms with Gasteiger partial charge in [-0.1, -0.05) is 41.0 Å². The van der Waals surface area contributed by atoms with Gasteiger partial charge in [-0.2, -0.15) is 0 Å². The monoisotopic (exact) mass is 578 g/mol. The Kier molecular flexibility index (Phi) is 7.60. The maximum atomic E-state index is 13.0. The molecule has 0 aliphatic carbocycles. The second-order valence-electron chi connectivity index (χ2n) is 7.70. The van der Waals surface area contributed by atoms with Crippen LogP contribution in [0, 0.1) is 10.1 Å². The molecular formula is C24H16Cl2N2O7S2. The zero-order chi connectivity index (χ0) is 26.9. The SMILES string of the molecule is COC(=O)c1ccc(/C=C2/Sc3ccc(S(=O)(=O)Cc4c(Cl)cccc4Cl)cc3NC2=O)c([N+](=O)[O-])c1. The van der Waals surface area contributed by atoms with E-state index in [1.807, 2.05) is 0 Å². The van der Waals surface area contributed by atoms with E-state index in [2.05, 4.69) is 10.1 Å². The van der Waals surface area contributed by atoms with Gasteiger partial charge in [0.25, 0.3) is 11.6 Å². The van der Waals surface area contributed by atoms with Crippen LogP contribution in [0.2, 0.25) is 10.0 Å². The van der Waals surface area contributed by atoms with Crippen LogP contribution in [0.15, 0.2) is 69.3 Å². The summed E-state index contributed by atoms with van der Waals surface area (Å²) >= 11 is 13.3. The molecule has 0 saturated carbocycles. The highest BCUT2D eigenvalue weighted by Gasteiger charge is 2.26. The molecule has 9 nitrogen and oxygen atoms in total. The molecule has 0 aromatic heterocycles. The van der Waals surface area contributed by atoms with Crippen LogP contribution in [0.5, 0.6) is 0 Å². The van der Waals surface area contributed by atoms with E-state index in [4.69, 9.17) is 23.2 Å². The van der Waals surface area contributed by atoms with Crippen molar-refractivity contribution in [2.24, 2.45) is 0 Å². The summed E-state index contributed by atoms with van der Waals surface area (Å²) in [6.07, 6.45) is 1.33. The van der Waals surface area contributed by atoms with Crippen molar-refractivity contribution in [2.45, 2.75) is 15.5 Å². The third kappa shape index (κ3) is 5.64. The zero-order valence-corrected chi connectivity index (χ0v) is 22.0. The number of amides is 1. The van der Waals surface area contributed by atoms with Gasteiger partial charge in [0, 0.05) is 26.6 Å². The van der Waals surface area contributed by atoms with Crippen molar-refractivity contribution in [3.05, 3.63) is 96.4 Å². The molecule has 1 N–H and O–H groups in total. The Bertz CT molecular complexity index is 1580. The van der Waals surface area contributed by atoms with Gasteiger partial charge < -0.3 is 10.1 Å². The summed E-state index contributed by atoms with van der Waals surface area (Å²) in [6.45, 7) is 0. The molecule has 190 valence electrons. The van der Waals surface area contributed by atoms with Crippen molar-refractivity contribution in [3.8, 4) is 0 Å². The summed E-state index contributed by atoms with van der Waals surface area (Å²) in [5.74, 6) is -1.74. The van der Waals surface area contributed by atoms with Crippen molar-refractivity contribution in [1.82, 2.24) is 0 Å². The van der Waals surface area contributed by atoms with Gasteiger partial charge in [-0.3, -0.25) is 14.9 Å². The highest BCUT2D eigenvalue weighted by Crippen LogP contribution is 2.41. The number of fused-ring (bicyclic) bond motifs is 1. The first-order chi connectivity index (χ1) is 17.5.